The van der Waals surface area contributed by atoms with E-state index in [2.05, 4.69) is 57.6 Å². The van der Waals surface area contributed by atoms with Gasteiger partial charge in [-0.3, -0.25) is 0 Å². The molecule has 1 aromatic heterocycles. The lowest BCUT2D eigenvalue weighted by Gasteiger charge is -2.13. The van der Waals surface area contributed by atoms with E-state index in [9.17, 15) is 0 Å². The molecule has 1 nitrogen and oxygen atoms in total. The molecule has 0 aromatic carbocycles. The van der Waals surface area contributed by atoms with Crippen LogP contribution in [0.5, 0.6) is 0 Å². The molecule has 1 heterocycles. The Bertz CT molecular complexity index is 313. The molecular formula is C14H24N+. The largest absolute Gasteiger partial charge is 0.205 e. The molecular weight excluding hydrogens is 182 g/mol. The number of nitrogens with zero attached hydrogens (tertiary/aromatic N) is 1. The van der Waals surface area contributed by atoms with Crippen LogP contribution in [0.3, 0.4) is 0 Å². The van der Waals surface area contributed by atoms with Crippen LogP contribution in [0, 0.1) is 0 Å². The smallest absolute Gasteiger partial charge is 0.172 e. The molecule has 1 aromatic rings. The summed E-state index contributed by atoms with van der Waals surface area (Å²) in [7, 11) is 0. The molecule has 84 valence electrons. The van der Waals surface area contributed by atoms with E-state index >= 15 is 0 Å². The molecule has 0 aliphatic rings. The van der Waals surface area contributed by atoms with E-state index in [1.807, 2.05) is 0 Å². The highest BCUT2D eigenvalue weighted by Gasteiger charge is 2.14. The van der Waals surface area contributed by atoms with Crippen LogP contribution in [0.4, 0.5) is 0 Å². The van der Waals surface area contributed by atoms with Gasteiger partial charge in [0.15, 0.2) is 12.4 Å². The normalized spacial score (nSPS) is 11.4. The van der Waals surface area contributed by atoms with Gasteiger partial charge in [-0.1, -0.05) is 34.6 Å². The van der Waals surface area contributed by atoms with E-state index in [0.29, 0.717) is 11.8 Å². The molecule has 0 fully saturated rings. The van der Waals surface area contributed by atoms with Crippen LogP contribution < -0.4 is 4.57 Å². The highest BCUT2D eigenvalue weighted by atomic mass is 14.9. The number of aryl methyl sites for hydroxylation is 1. The van der Waals surface area contributed by atoms with Crippen molar-refractivity contribution in [1.82, 2.24) is 0 Å². The Kier molecular flexibility index (Phi) is 4.31. The summed E-state index contributed by atoms with van der Waals surface area (Å²) in [4.78, 5) is 0. The lowest BCUT2D eigenvalue weighted by atomic mass is 9.92. The number of aromatic nitrogens is 1. The second-order valence-corrected chi connectivity index (χ2v) is 4.90. The zero-order valence-corrected chi connectivity index (χ0v) is 10.7. The molecule has 0 N–H and O–H groups in total. The molecule has 0 aliphatic heterocycles. The van der Waals surface area contributed by atoms with Crippen molar-refractivity contribution in [1.29, 1.82) is 0 Å². The topological polar surface area (TPSA) is 3.88 Å². The molecule has 0 saturated heterocycles. The van der Waals surface area contributed by atoms with Crippen molar-refractivity contribution < 1.29 is 4.57 Å². The Hall–Kier alpha value is -0.850. The lowest BCUT2D eigenvalue weighted by molar-refractivity contribution is -0.697. The molecule has 0 saturated carbocycles. The van der Waals surface area contributed by atoms with E-state index in [0.717, 1.165) is 6.54 Å². The Morgan fingerprint density at radius 1 is 1.07 bits per heavy atom. The van der Waals surface area contributed by atoms with Gasteiger partial charge in [0.2, 0.25) is 0 Å². The van der Waals surface area contributed by atoms with Crippen molar-refractivity contribution in [2.75, 3.05) is 0 Å². The molecule has 1 rings (SSSR count). The van der Waals surface area contributed by atoms with Crippen LogP contribution in [0.15, 0.2) is 18.5 Å². The number of hydrogen-bond acceptors (Lipinski definition) is 0. The van der Waals surface area contributed by atoms with Crippen molar-refractivity contribution in [3.8, 4) is 0 Å². The van der Waals surface area contributed by atoms with E-state index in [1.165, 1.54) is 17.5 Å². The standard InChI is InChI=1S/C14H24N/c1-6-8-15-9-7-13(11(2)3)14(10-15)12(4)5/h7,9-12H,6,8H2,1-5H3/q+1. The summed E-state index contributed by atoms with van der Waals surface area (Å²) in [5.41, 5.74) is 3.00. The van der Waals surface area contributed by atoms with Crippen LogP contribution in [0.25, 0.3) is 0 Å². The monoisotopic (exact) mass is 206 g/mol. The Morgan fingerprint density at radius 2 is 1.67 bits per heavy atom. The van der Waals surface area contributed by atoms with Crippen LogP contribution in [-0.4, -0.2) is 0 Å². The Labute approximate surface area is 94.1 Å². The van der Waals surface area contributed by atoms with Crippen molar-refractivity contribution in [3.63, 3.8) is 0 Å². The summed E-state index contributed by atoms with van der Waals surface area (Å²) in [6.07, 6.45) is 5.73. The van der Waals surface area contributed by atoms with E-state index in [1.54, 1.807) is 0 Å². The van der Waals surface area contributed by atoms with Crippen LogP contribution in [-0.2, 0) is 6.54 Å². The van der Waals surface area contributed by atoms with Crippen LogP contribution in [0.1, 0.15) is 64.0 Å². The zero-order chi connectivity index (χ0) is 11.4. The summed E-state index contributed by atoms with van der Waals surface area (Å²) >= 11 is 0. The molecule has 0 unspecified atom stereocenters. The zero-order valence-electron chi connectivity index (χ0n) is 10.7. The molecule has 0 aliphatic carbocycles. The second-order valence-electron chi connectivity index (χ2n) is 4.90. The quantitative estimate of drug-likeness (QED) is 0.662. The third-order valence-electron chi connectivity index (χ3n) is 2.81. The van der Waals surface area contributed by atoms with Gasteiger partial charge in [-0.15, -0.1) is 0 Å². The molecule has 0 radical (unpaired) electrons. The lowest BCUT2D eigenvalue weighted by Crippen LogP contribution is -2.33. The fourth-order valence-corrected chi connectivity index (χ4v) is 1.97. The van der Waals surface area contributed by atoms with Gasteiger partial charge in [-0.2, -0.15) is 0 Å². The van der Waals surface area contributed by atoms with E-state index < -0.39 is 0 Å². The second kappa shape index (κ2) is 5.29. The van der Waals surface area contributed by atoms with Crippen LogP contribution >= 0.6 is 0 Å². The molecule has 15 heavy (non-hydrogen) atoms. The third kappa shape index (κ3) is 3.05. The summed E-state index contributed by atoms with van der Waals surface area (Å²) in [6, 6.07) is 2.29. The van der Waals surface area contributed by atoms with Gasteiger partial charge in [-0.25, -0.2) is 4.57 Å². The minimum atomic E-state index is 0.617. The molecule has 1 heteroatoms. The highest BCUT2D eigenvalue weighted by Crippen LogP contribution is 2.24. The summed E-state index contributed by atoms with van der Waals surface area (Å²) in [5.74, 6) is 1.24. The van der Waals surface area contributed by atoms with Gasteiger partial charge in [0, 0.05) is 18.1 Å². The minimum Gasteiger partial charge on any atom is -0.205 e. The number of pyridine rings is 1. The van der Waals surface area contributed by atoms with Crippen LogP contribution in [0.2, 0.25) is 0 Å². The first kappa shape index (κ1) is 12.2. The average Bonchev–Trinajstić information content (AvgIpc) is 2.17. The van der Waals surface area contributed by atoms with Gasteiger partial charge < -0.3 is 0 Å². The molecule has 0 amide bonds. The van der Waals surface area contributed by atoms with Gasteiger partial charge >= 0.3 is 0 Å². The maximum atomic E-state index is 2.32. The first-order chi connectivity index (χ1) is 7.06. The summed E-state index contributed by atoms with van der Waals surface area (Å²) in [5, 5.41) is 0. The maximum absolute atomic E-state index is 2.32. The molecule has 0 atom stereocenters. The third-order valence-corrected chi connectivity index (χ3v) is 2.81. The number of hydrogen-bond donors (Lipinski definition) is 0. The average molecular weight is 206 g/mol. The fraction of sp³-hybridized carbons (Fsp3) is 0.643. The van der Waals surface area contributed by atoms with Crippen molar-refractivity contribution in [2.24, 2.45) is 0 Å². The Morgan fingerprint density at radius 3 is 2.13 bits per heavy atom. The maximum Gasteiger partial charge on any atom is 0.172 e. The Balaban J connectivity index is 3.09. The summed E-state index contributed by atoms with van der Waals surface area (Å²) in [6.45, 7) is 12.4. The molecule has 0 bridgehead atoms. The fourth-order valence-electron chi connectivity index (χ4n) is 1.97. The van der Waals surface area contributed by atoms with Crippen molar-refractivity contribution in [3.05, 3.63) is 29.6 Å². The first-order valence-electron chi connectivity index (χ1n) is 6.09. The predicted octanol–water partition coefficient (Wildman–Crippen LogP) is 3.63. The summed E-state index contributed by atoms with van der Waals surface area (Å²) < 4.78 is 2.31. The van der Waals surface area contributed by atoms with Gasteiger partial charge in [0.25, 0.3) is 0 Å². The molecule has 0 spiro atoms. The highest BCUT2D eigenvalue weighted by molar-refractivity contribution is 5.27. The predicted molar refractivity (Wildman–Crippen MR) is 65.1 cm³/mol. The van der Waals surface area contributed by atoms with Gasteiger partial charge in [0.05, 0.1) is 0 Å². The SMILES string of the molecule is CCC[n+]1ccc(C(C)C)c(C(C)C)c1. The minimum absolute atomic E-state index is 0.617. The number of rotatable bonds is 4. The van der Waals surface area contributed by atoms with Gasteiger partial charge in [0.1, 0.15) is 6.54 Å². The van der Waals surface area contributed by atoms with Gasteiger partial charge in [-0.05, 0) is 17.4 Å². The van der Waals surface area contributed by atoms with E-state index in [-0.39, 0.29) is 0 Å². The van der Waals surface area contributed by atoms with Crippen molar-refractivity contribution in [2.45, 2.75) is 59.4 Å². The van der Waals surface area contributed by atoms with Crippen molar-refractivity contribution >= 4 is 0 Å². The first-order valence-corrected chi connectivity index (χ1v) is 6.09. The van der Waals surface area contributed by atoms with E-state index in [4.69, 9.17) is 0 Å².